The molecule has 0 bridgehead atoms. The van der Waals surface area contributed by atoms with Crippen LogP contribution in [0, 0.1) is 5.92 Å². The SMILES string of the molecule is CCC(C)C(C)(C)N.Cl. The fraction of sp³-hybridized carbons (Fsp3) is 1.00. The van der Waals surface area contributed by atoms with Crippen LogP contribution in [0.25, 0.3) is 0 Å². The smallest absolute Gasteiger partial charge is 0.0123 e. The third-order valence-corrected chi connectivity index (χ3v) is 1.88. The number of hydrogen-bond donors (Lipinski definition) is 1. The van der Waals surface area contributed by atoms with Crippen molar-refractivity contribution in [2.75, 3.05) is 0 Å². The van der Waals surface area contributed by atoms with E-state index in [0.717, 1.165) is 0 Å². The molecule has 9 heavy (non-hydrogen) atoms. The van der Waals surface area contributed by atoms with Gasteiger partial charge >= 0.3 is 0 Å². The van der Waals surface area contributed by atoms with E-state index >= 15 is 0 Å². The molecular formula is C7H18ClN. The highest BCUT2D eigenvalue weighted by Gasteiger charge is 2.17. The van der Waals surface area contributed by atoms with Crippen molar-refractivity contribution in [2.45, 2.75) is 39.7 Å². The van der Waals surface area contributed by atoms with E-state index in [-0.39, 0.29) is 17.9 Å². The molecule has 1 atom stereocenters. The molecule has 0 heterocycles. The van der Waals surface area contributed by atoms with Gasteiger partial charge in [-0.05, 0) is 19.8 Å². The van der Waals surface area contributed by atoms with Gasteiger partial charge in [0.05, 0.1) is 0 Å². The first-order valence-electron chi connectivity index (χ1n) is 3.27. The van der Waals surface area contributed by atoms with Crippen molar-refractivity contribution in [1.82, 2.24) is 0 Å². The molecule has 2 N–H and O–H groups in total. The van der Waals surface area contributed by atoms with Crippen LogP contribution in [0.4, 0.5) is 0 Å². The molecule has 0 fully saturated rings. The Bertz CT molecular complexity index is 65.8. The molecule has 0 aromatic rings. The van der Waals surface area contributed by atoms with Crippen molar-refractivity contribution in [3.63, 3.8) is 0 Å². The highest BCUT2D eigenvalue weighted by molar-refractivity contribution is 5.85. The summed E-state index contributed by atoms with van der Waals surface area (Å²) in [6, 6.07) is 0. The Balaban J connectivity index is 0. The zero-order valence-electron chi connectivity index (χ0n) is 6.77. The summed E-state index contributed by atoms with van der Waals surface area (Å²) in [5.74, 6) is 0.627. The van der Waals surface area contributed by atoms with Crippen LogP contribution in [-0.4, -0.2) is 5.54 Å². The van der Waals surface area contributed by atoms with Gasteiger partial charge in [0, 0.05) is 5.54 Å². The van der Waals surface area contributed by atoms with E-state index in [1.54, 1.807) is 0 Å². The summed E-state index contributed by atoms with van der Waals surface area (Å²) in [7, 11) is 0. The van der Waals surface area contributed by atoms with Crippen molar-refractivity contribution < 1.29 is 0 Å². The summed E-state index contributed by atoms with van der Waals surface area (Å²) in [5, 5.41) is 0. The maximum absolute atomic E-state index is 5.79. The molecule has 2 heteroatoms. The van der Waals surface area contributed by atoms with Crippen molar-refractivity contribution in [3.8, 4) is 0 Å². The van der Waals surface area contributed by atoms with Crippen LogP contribution < -0.4 is 5.73 Å². The van der Waals surface area contributed by atoms with Crippen molar-refractivity contribution in [3.05, 3.63) is 0 Å². The maximum Gasteiger partial charge on any atom is 0.0123 e. The van der Waals surface area contributed by atoms with E-state index in [0.29, 0.717) is 5.92 Å². The lowest BCUT2D eigenvalue weighted by Gasteiger charge is -2.25. The molecule has 1 unspecified atom stereocenters. The molecule has 0 amide bonds. The molecule has 0 aromatic carbocycles. The van der Waals surface area contributed by atoms with Crippen LogP contribution in [0.2, 0.25) is 0 Å². The molecule has 0 aliphatic heterocycles. The number of halogens is 1. The number of nitrogens with two attached hydrogens (primary N) is 1. The fourth-order valence-electron chi connectivity index (χ4n) is 0.526. The van der Waals surface area contributed by atoms with Crippen LogP contribution >= 0.6 is 12.4 Å². The van der Waals surface area contributed by atoms with E-state index < -0.39 is 0 Å². The Kier molecular flexibility index (Phi) is 5.49. The normalized spacial score (nSPS) is 14.3. The second-order valence-corrected chi connectivity index (χ2v) is 3.13. The van der Waals surface area contributed by atoms with Gasteiger partial charge in [-0.2, -0.15) is 0 Å². The van der Waals surface area contributed by atoms with Gasteiger partial charge < -0.3 is 5.73 Å². The lowest BCUT2D eigenvalue weighted by molar-refractivity contribution is 0.337. The number of hydrogen-bond acceptors (Lipinski definition) is 1. The Hall–Kier alpha value is 0.250. The summed E-state index contributed by atoms with van der Waals surface area (Å²) >= 11 is 0. The highest BCUT2D eigenvalue weighted by atomic mass is 35.5. The van der Waals surface area contributed by atoms with Gasteiger partial charge in [-0.25, -0.2) is 0 Å². The Morgan fingerprint density at radius 3 is 1.78 bits per heavy atom. The first kappa shape index (κ1) is 12.0. The van der Waals surface area contributed by atoms with Gasteiger partial charge in [-0.3, -0.25) is 0 Å². The standard InChI is InChI=1S/C7H17N.ClH/c1-5-6(2)7(3,4)8;/h6H,5,8H2,1-4H3;1H. The molecule has 0 aromatic heterocycles. The second-order valence-electron chi connectivity index (χ2n) is 3.13. The zero-order valence-corrected chi connectivity index (χ0v) is 7.59. The first-order valence-corrected chi connectivity index (χ1v) is 3.27. The van der Waals surface area contributed by atoms with E-state index in [4.69, 9.17) is 5.73 Å². The lowest BCUT2D eigenvalue weighted by atomic mass is 9.88. The topological polar surface area (TPSA) is 26.0 Å². The zero-order chi connectivity index (χ0) is 6.78. The molecule has 0 radical (unpaired) electrons. The van der Waals surface area contributed by atoms with Gasteiger partial charge in [-0.1, -0.05) is 20.3 Å². The molecule has 0 rings (SSSR count). The Morgan fingerprint density at radius 2 is 1.78 bits per heavy atom. The van der Waals surface area contributed by atoms with Gasteiger partial charge in [0.2, 0.25) is 0 Å². The fourth-order valence-corrected chi connectivity index (χ4v) is 0.526. The average Bonchev–Trinajstić information content (AvgIpc) is 1.62. The quantitative estimate of drug-likeness (QED) is 0.644. The Labute approximate surface area is 64.4 Å². The third kappa shape index (κ3) is 4.73. The monoisotopic (exact) mass is 151 g/mol. The van der Waals surface area contributed by atoms with Crippen LogP contribution in [0.15, 0.2) is 0 Å². The molecule has 1 nitrogen and oxygen atoms in total. The highest BCUT2D eigenvalue weighted by Crippen LogP contribution is 2.14. The number of rotatable bonds is 2. The predicted octanol–water partition coefficient (Wildman–Crippen LogP) is 2.19. The summed E-state index contributed by atoms with van der Waals surface area (Å²) in [4.78, 5) is 0. The minimum atomic E-state index is 0. The van der Waals surface area contributed by atoms with Crippen molar-refractivity contribution in [1.29, 1.82) is 0 Å². The predicted molar refractivity (Wildman–Crippen MR) is 45.0 cm³/mol. The summed E-state index contributed by atoms with van der Waals surface area (Å²) in [6.07, 6.45) is 1.17. The summed E-state index contributed by atoms with van der Waals surface area (Å²) in [6.45, 7) is 8.49. The lowest BCUT2D eigenvalue weighted by Crippen LogP contribution is -2.38. The van der Waals surface area contributed by atoms with E-state index in [9.17, 15) is 0 Å². The summed E-state index contributed by atoms with van der Waals surface area (Å²) in [5.41, 5.74) is 5.80. The van der Waals surface area contributed by atoms with Gasteiger partial charge in [0.25, 0.3) is 0 Å². The molecule has 0 saturated heterocycles. The molecule has 58 valence electrons. The second kappa shape index (κ2) is 4.13. The van der Waals surface area contributed by atoms with Crippen molar-refractivity contribution in [2.24, 2.45) is 11.7 Å². The molecule has 0 saturated carbocycles. The van der Waals surface area contributed by atoms with E-state index in [2.05, 4.69) is 27.7 Å². The molecule has 0 aliphatic carbocycles. The van der Waals surface area contributed by atoms with E-state index in [1.807, 2.05) is 0 Å². The van der Waals surface area contributed by atoms with Gasteiger partial charge in [0.15, 0.2) is 0 Å². The van der Waals surface area contributed by atoms with Gasteiger partial charge in [-0.15, -0.1) is 12.4 Å². The minimum absolute atomic E-state index is 0. The van der Waals surface area contributed by atoms with Crippen molar-refractivity contribution >= 4 is 12.4 Å². The Morgan fingerprint density at radius 1 is 1.44 bits per heavy atom. The van der Waals surface area contributed by atoms with E-state index in [1.165, 1.54) is 6.42 Å². The van der Waals surface area contributed by atoms with Gasteiger partial charge in [0.1, 0.15) is 0 Å². The van der Waals surface area contributed by atoms with Crippen LogP contribution in [0.5, 0.6) is 0 Å². The maximum atomic E-state index is 5.79. The van der Waals surface area contributed by atoms with Crippen LogP contribution in [0.1, 0.15) is 34.1 Å². The minimum Gasteiger partial charge on any atom is -0.325 e. The molecular weight excluding hydrogens is 134 g/mol. The third-order valence-electron chi connectivity index (χ3n) is 1.88. The molecule has 0 spiro atoms. The van der Waals surface area contributed by atoms with Crippen LogP contribution in [-0.2, 0) is 0 Å². The average molecular weight is 152 g/mol. The molecule has 0 aliphatic rings. The largest absolute Gasteiger partial charge is 0.325 e. The van der Waals surface area contributed by atoms with Crippen LogP contribution in [0.3, 0.4) is 0 Å². The summed E-state index contributed by atoms with van der Waals surface area (Å²) < 4.78 is 0. The first-order chi connectivity index (χ1) is 3.48.